The van der Waals surface area contributed by atoms with Crippen molar-refractivity contribution < 1.29 is 0 Å². The molecule has 72 valence electrons. The van der Waals surface area contributed by atoms with Crippen molar-refractivity contribution in [2.75, 3.05) is 19.3 Å². The zero-order valence-corrected chi connectivity index (χ0v) is 9.64. The molecule has 3 heteroatoms. The van der Waals surface area contributed by atoms with E-state index in [4.69, 9.17) is 5.73 Å². The molecule has 2 N–H and O–H groups in total. The molecule has 0 amide bonds. The van der Waals surface area contributed by atoms with Crippen molar-refractivity contribution in [1.29, 1.82) is 0 Å². The molecule has 0 radical (unpaired) electrons. The lowest BCUT2D eigenvalue weighted by molar-refractivity contribution is 0.295. The Morgan fingerprint density at radius 2 is 2.08 bits per heavy atom. The predicted molar refractivity (Wildman–Crippen MR) is 57.0 cm³/mol. The number of likely N-dealkylation sites (tertiary alicyclic amines) is 1. The maximum Gasteiger partial charge on any atom is 0.0599 e. The Kier molecular flexibility index (Phi) is 3.32. The number of nitrogens with two attached hydrogens (primary N) is 1. The first kappa shape index (κ1) is 10.2. The van der Waals surface area contributed by atoms with E-state index in [9.17, 15) is 0 Å². The molecule has 0 bridgehead atoms. The summed E-state index contributed by atoms with van der Waals surface area (Å²) in [7, 11) is -0.910. The van der Waals surface area contributed by atoms with E-state index in [2.05, 4.69) is 24.5 Å². The fourth-order valence-corrected chi connectivity index (χ4v) is 3.61. The summed E-state index contributed by atoms with van der Waals surface area (Å²) >= 11 is 0. The number of rotatable bonds is 3. The highest BCUT2D eigenvalue weighted by Gasteiger charge is 2.27. The normalized spacial score (nSPS) is 26.5. The first-order chi connectivity index (χ1) is 5.53. The molecule has 0 unspecified atom stereocenters. The second kappa shape index (κ2) is 3.90. The van der Waals surface area contributed by atoms with Gasteiger partial charge in [-0.2, -0.15) is 0 Å². The average molecular weight is 186 g/mol. The summed E-state index contributed by atoms with van der Waals surface area (Å²) in [5.41, 5.74) is 5.72. The van der Waals surface area contributed by atoms with Gasteiger partial charge in [0.25, 0.3) is 0 Å². The number of hydrogen-bond acceptors (Lipinski definition) is 2. The van der Waals surface area contributed by atoms with Crippen LogP contribution >= 0.6 is 0 Å². The zero-order valence-electron chi connectivity index (χ0n) is 8.64. The van der Waals surface area contributed by atoms with Crippen LogP contribution in [0, 0.1) is 0 Å². The summed E-state index contributed by atoms with van der Waals surface area (Å²) in [6, 6.07) is 0.691. The van der Waals surface area contributed by atoms with Gasteiger partial charge < -0.3 is 10.6 Å². The van der Waals surface area contributed by atoms with E-state index in [1.54, 1.807) is 0 Å². The molecular formula is C9H22N2Si. The van der Waals surface area contributed by atoms with Gasteiger partial charge in [-0.1, -0.05) is 19.6 Å². The quantitative estimate of drug-likeness (QED) is 0.673. The molecule has 0 saturated carbocycles. The van der Waals surface area contributed by atoms with Gasteiger partial charge in [0.15, 0.2) is 0 Å². The fraction of sp³-hybridized carbons (Fsp3) is 1.00. The van der Waals surface area contributed by atoms with Crippen LogP contribution < -0.4 is 5.73 Å². The van der Waals surface area contributed by atoms with Crippen LogP contribution in [0.1, 0.15) is 12.8 Å². The first-order valence-electron chi connectivity index (χ1n) is 4.97. The molecule has 12 heavy (non-hydrogen) atoms. The molecule has 1 heterocycles. The van der Waals surface area contributed by atoms with Crippen LogP contribution in [0.3, 0.4) is 0 Å². The molecule has 2 nitrogen and oxygen atoms in total. The monoisotopic (exact) mass is 186 g/mol. The molecule has 1 atom stereocenters. The molecule has 1 aliphatic heterocycles. The van der Waals surface area contributed by atoms with E-state index in [0.29, 0.717) is 6.04 Å². The third-order valence-electron chi connectivity index (χ3n) is 2.45. The Hall–Kier alpha value is 0.137. The van der Waals surface area contributed by atoms with E-state index >= 15 is 0 Å². The van der Waals surface area contributed by atoms with E-state index in [1.807, 2.05) is 0 Å². The molecular weight excluding hydrogens is 164 g/mol. The second-order valence-corrected chi connectivity index (χ2v) is 10.5. The molecule has 1 rings (SSSR count). The molecule has 0 aromatic heterocycles. The Labute approximate surface area is 77.1 Å². The Morgan fingerprint density at radius 3 is 2.58 bits per heavy atom. The Bertz CT molecular complexity index is 142. The van der Waals surface area contributed by atoms with Crippen molar-refractivity contribution in [2.45, 2.75) is 38.5 Å². The summed E-state index contributed by atoms with van der Waals surface area (Å²) in [4.78, 5) is 2.60. The lowest BCUT2D eigenvalue weighted by Gasteiger charge is -2.29. The lowest BCUT2D eigenvalue weighted by atomic mass is 10.2. The van der Waals surface area contributed by atoms with Gasteiger partial charge in [0.2, 0.25) is 0 Å². The van der Waals surface area contributed by atoms with Gasteiger partial charge in [0.05, 0.1) is 8.07 Å². The van der Waals surface area contributed by atoms with Crippen molar-refractivity contribution in [3.05, 3.63) is 0 Å². The van der Waals surface area contributed by atoms with E-state index in [0.717, 1.165) is 6.54 Å². The van der Waals surface area contributed by atoms with Gasteiger partial charge in [-0.25, -0.2) is 0 Å². The van der Waals surface area contributed by atoms with Crippen molar-refractivity contribution in [1.82, 2.24) is 4.90 Å². The molecule has 0 aromatic carbocycles. The Balaban J connectivity index is 2.41. The molecule has 0 aromatic rings. The third kappa shape index (κ3) is 2.88. The average Bonchev–Trinajstić information content (AvgIpc) is 2.31. The summed E-state index contributed by atoms with van der Waals surface area (Å²) in [6.45, 7) is 9.42. The topological polar surface area (TPSA) is 29.3 Å². The summed E-state index contributed by atoms with van der Waals surface area (Å²) < 4.78 is 0. The third-order valence-corrected chi connectivity index (χ3v) is 3.80. The van der Waals surface area contributed by atoms with E-state index in [-0.39, 0.29) is 0 Å². The number of nitrogens with zero attached hydrogens (tertiary/aromatic N) is 1. The highest BCUT2D eigenvalue weighted by atomic mass is 28.3. The molecule has 0 spiro atoms. The van der Waals surface area contributed by atoms with Crippen LogP contribution in [0.4, 0.5) is 0 Å². The van der Waals surface area contributed by atoms with Crippen LogP contribution in [0.2, 0.25) is 19.6 Å². The maximum absolute atomic E-state index is 5.72. The highest BCUT2D eigenvalue weighted by molar-refractivity contribution is 6.76. The van der Waals surface area contributed by atoms with Gasteiger partial charge in [-0.15, -0.1) is 0 Å². The minimum absolute atomic E-state index is 0.691. The lowest BCUT2D eigenvalue weighted by Crippen LogP contribution is -2.45. The van der Waals surface area contributed by atoms with Gasteiger partial charge in [-0.3, -0.25) is 0 Å². The summed E-state index contributed by atoms with van der Waals surface area (Å²) in [6.07, 6.45) is 4.00. The van der Waals surface area contributed by atoms with Crippen LogP contribution in [0.5, 0.6) is 0 Å². The minimum atomic E-state index is -0.910. The number of hydrogen-bond donors (Lipinski definition) is 1. The zero-order chi connectivity index (χ0) is 9.19. The van der Waals surface area contributed by atoms with Crippen molar-refractivity contribution in [2.24, 2.45) is 5.73 Å². The van der Waals surface area contributed by atoms with Crippen LogP contribution in [0.25, 0.3) is 0 Å². The Morgan fingerprint density at radius 1 is 1.42 bits per heavy atom. The SMILES string of the molecule is C[Si](C)(C)CN1CCC[C@@H]1CN. The van der Waals surface area contributed by atoms with Gasteiger partial charge in [0.1, 0.15) is 0 Å². The van der Waals surface area contributed by atoms with E-state index < -0.39 is 8.07 Å². The molecule has 0 aliphatic carbocycles. The molecule has 1 fully saturated rings. The largest absolute Gasteiger partial charge is 0.329 e. The molecule has 1 aliphatic rings. The first-order valence-corrected chi connectivity index (χ1v) is 8.68. The standard InChI is InChI=1S/C9H22N2Si/c1-12(2,3)8-11-6-4-5-9(11)7-10/h9H,4-8,10H2,1-3H3/t9-/m1/s1. The molecule has 1 saturated heterocycles. The van der Waals surface area contributed by atoms with Crippen LogP contribution in [-0.4, -0.2) is 38.3 Å². The predicted octanol–water partition coefficient (Wildman–Crippen LogP) is 1.29. The van der Waals surface area contributed by atoms with Gasteiger partial charge >= 0.3 is 0 Å². The van der Waals surface area contributed by atoms with Crippen LogP contribution in [0.15, 0.2) is 0 Å². The van der Waals surface area contributed by atoms with Crippen molar-refractivity contribution >= 4 is 8.07 Å². The second-order valence-electron chi connectivity index (χ2n) is 5.06. The smallest absolute Gasteiger partial charge is 0.0599 e. The van der Waals surface area contributed by atoms with Crippen LogP contribution in [-0.2, 0) is 0 Å². The van der Waals surface area contributed by atoms with Gasteiger partial charge in [-0.05, 0) is 25.6 Å². The van der Waals surface area contributed by atoms with Gasteiger partial charge in [0, 0.05) is 12.6 Å². The van der Waals surface area contributed by atoms with Crippen molar-refractivity contribution in [3.63, 3.8) is 0 Å². The summed E-state index contributed by atoms with van der Waals surface area (Å²) in [5.74, 6) is 0. The fourth-order valence-electron chi connectivity index (χ4n) is 1.98. The summed E-state index contributed by atoms with van der Waals surface area (Å²) in [5, 5.41) is 0. The van der Waals surface area contributed by atoms with Crippen molar-refractivity contribution in [3.8, 4) is 0 Å². The highest BCUT2D eigenvalue weighted by Crippen LogP contribution is 2.18. The van der Waals surface area contributed by atoms with E-state index in [1.165, 1.54) is 25.6 Å². The maximum atomic E-state index is 5.72. The minimum Gasteiger partial charge on any atom is -0.329 e.